The van der Waals surface area contributed by atoms with E-state index in [2.05, 4.69) is 4.99 Å². The zero-order chi connectivity index (χ0) is 10.6. The molecule has 0 aromatic heterocycles. The van der Waals surface area contributed by atoms with E-state index in [4.69, 9.17) is 9.47 Å². The summed E-state index contributed by atoms with van der Waals surface area (Å²) in [4.78, 5) is 15.8. The van der Waals surface area contributed by atoms with Crippen molar-refractivity contribution in [2.45, 2.75) is 25.1 Å². The highest BCUT2D eigenvalue weighted by Gasteiger charge is 2.33. The standard InChI is InChI=1S/C9H15NO3S/c1-4-13-9(11)8-6(2)10-7(14-8)5-12-3/h6,8H,4-5H2,1-3H3. The number of rotatable bonds is 4. The molecule has 5 heteroatoms. The molecule has 0 saturated carbocycles. The van der Waals surface area contributed by atoms with E-state index in [1.807, 2.05) is 6.92 Å². The number of nitrogens with zero attached hydrogens (tertiary/aromatic N) is 1. The first-order valence-electron chi connectivity index (χ1n) is 4.58. The first kappa shape index (κ1) is 11.5. The van der Waals surface area contributed by atoms with E-state index in [0.29, 0.717) is 13.2 Å². The van der Waals surface area contributed by atoms with Crippen LogP contribution in [0.4, 0.5) is 0 Å². The molecule has 0 amide bonds. The molecular weight excluding hydrogens is 202 g/mol. The number of thioether (sulfide) groups is 1. The highest BCUT2D eigenvalue weighted by Crippen LogP contribution is 2.27. The number of aliphatic imine (C=N–C) groups is 1. The minimum Gasteiger partial charge on any atom is -0.465 e. The Labute approximate surface area is 88.1 Å². The Morgan fingerprint density at radius 1 is 1.64 bits per heavy atom. The molecular formula is C9H15NO3S. The summed E-state index contributed by atoms with van der Waals surface area (Å²) in [5.41, 5.74) is 0. The predicted molar refractivity (Wildman–Crippen MR) is 56.8 cm³/mol. The SMILES string of the molecule is CCOC(=O)C1SC(COC)=NC1C. The molecule has 0 bridgehead atoms. The Bertz CT molecular complexity index is 242. The van der Waals surface area contributed by atoms with Gasteiger partial charge < -0.3 is 9.47 Å². The number of carbonyl (C=O) groups excluding carboxylic acids is 1. The average Bonchev–Trinajstić information content (AvgIpc) is 2.48. The van der Waals surface area contributed by atoms with Gasteiger partial charge in [0, 0.05) is 7.11 Å². The summed E-state index contributed by atoms with van der Waals surface area (Å²) in [5.74, 6) is -0.181. The fourth-order valence-corrected chi connectivity index (χ4v) is 2.36. The lowest BCUT2D eigenvalue weighted by Gasteiger charge is -2.10. The number of methoxy groups -OCH3 is 1. The Kier molecular flexibility index (Phi) is 4.41. The third-order valence-corrected chi connectivity index (χ3v) is 3.17. The van der Waals surface area contributed by atoms with Crippen LogP contribution >= 0.6 is 11.8 Å². The van der Waals surface area contributed by atoms with E-state index < -0.39 is 0 Å². The van der Waals surface area contributed by atoms with Crippen LogP contribution < -0.4 is 0 Å². The van der Waals surface area contributed by atoms with Crippen molar-refractivity contribution in [1.29, 1.82) is 0 Å². The molecule has 0 radical (unpaired) electrons. The van der Waals surface area contributed by atoms with E-state index in [1.54, 1.807) is 14.0 Å². The van der Waals surface area contributed by atoms with Gasteiger partial charge in [-0.2, -0.15) is 0 Å². The lowest BCUT2D eigenvalue weighted by Crippen LogP contribution is -2.26. The maximum atomic E-state index is 11.4. The summed E-state index contributed by atoms with van der Waals surface area (Å²) in [5, 5.41) is 0.679. The summed E-state index contributed by atoms with van der Waals surface area (Å²) in [7, 11) is 1.62. The van der Waals surface area contributed by atoms with Crippen molar-refractivity contribution in [2.75, 3.05) is 20.3 Å². The van der Waals surface area contributed by atoms with Gasteiger partial charge in [0.15, 0.2) is 0 Å². The topological polar surface area (TPSA) is 47.9 Å². The lowest BCUT2D eigenvalue weighted by molar-refractivity contribution is -0.142. The Hall–Kier alpha value is -0.550. The van der Waals surface area contributed by atoms with Crippen molar-refractivity contribution >= 4 is 22.8 Å². The van der Waals surface area contributed by atoms with Gasteiger partial charge in [-0.3, -0.25) is 9.79 Å². The summed E-state index contributed by atoms with van der Waals surface area (Å²) < 4.78 is 9.91. The molecule has 4 nitrogen and oxygen atoms in total. The first-order chi connectivity index (χ1) is 6.69. The second kappa shape index (κ2) is 5.36. The minimum atomic E-state index is -0.194. The van der Waals surface area contributed by atoms with Gasteiger partial charge in [0.05, 0.1) is 24.3 Å². The van der Waals surface area contributed by atoms with Crippen molar-refractivity contribution in [1.82, 2.24) is 0 Å². The molecule has 14 heavy (non-hydrogen) atoms. The summed E-state index contributed by atoms with van der Waals surface area (Å²) >= 11 is 1.44. The number of hydrogen-bond donors (Lipinski definition) is 0. The fourth-order valence-electron chi connectivity index (χ4n) is 1.23. The van der Waals surface area contributed by atoms with Crippen LogP contribution in [0.1, 0.15) is 13.8 Å². The molecule has 0 N–H and O–H groups in total. The Morgan fingerprint density at radius 2 is 2.36 bits per heavy atom. The maximum absolute atomic E-state index is 11.4. The van der Waals surface area contributed by atoms with Crippen LogP contribution in [-0.2, 0) is 14.3 Å². The zero-order valence-corrected chi connectivity index (χ0v) is 9.47. The van der Waals surface area contributed by atoms with E-state index >= 15 is 0 Å². The number of carbonyl (C=O) groups is 1. The third-order valence-electron chi connectivity index (χ3n) is 1.84. The van der Waals surface area contributed by atoms with Gasteiger partial charge in [-0.1, -0.05) is 11.8 Å². The van der Waals surface area contributed by atoms with Gasteiger partial charge in [-0.05, 0) is 13.8 Å². The van der Waals surface area contributed by atoms with Crippen LogP contribution in [0.2, 0.25) is 0 Å². The molecule has 1 rings (SSSR count). The van der Waals surface area contributed by atoms with Crippen molar-refractivity contribution in [3.63, 3.8) is 0 Å². The first-order valence-corrected chi connectivity index (χ1v) is 5.46. The maximum Gasteiger partial charge on any atom is 0.321 e. The van der Waals surface area contributed by atoms with Crippen LogP contribution in [0.5, 0.6) is 0 Å². The molecule has 80 valence electrons. The second-order valence-electron chi connectivity index (χ2n) is 2.99. The van der Waals surface area contributed by atoms with Gasteiger partial charge in [0.2, 0.25) is 0 Å². The van der Waals surface area contributed by atoms with Gasteiger partial charge in [0.1, 0.15) is 5.25 Å². The number of ether oxygens (including phenoxy) is 2. The number of hydrogen-bond acceptors (Lipinski definition) is 5. The minimum absolute atomic E-state index is 0.0100. The van der Waals surface area contributed by atoms with E-state index in [1.165, 1.54) is 11.8 Å². The van der Waals surface area contributed by atoms with Crippen molar-refractivity contribution < 1.29 is 14.3 Å². The van der Waals surface area contributed by atoms with Crippen LogP contribution in [0, 0.1) is 0 Å². The van der Waals surface area contributed by atoms with Crippen molar-refractivity contribution in [3.8, 4) is 0 Å². The van der Waals surface area contributed by atoms with Crippen LogP contribution in [0.3, 0.4) is 0 Å². The van der Waals surface area contributed by atoms with Crippen LogP contribution in [-0.4, -0.2) is 42.6 Å². The highest BCUT2D eigenvalue weighted by molar-refractivity contribution is 8.15. The smallest absolute Gasteiger partial charge is 0.321 e. The molecule has 0 saturated heterocycles. The Balaban J connectivity index is 2.49. The molecule has 0 aliphatic carbocycles. The van der Waals surface area contributed by atoms with Gasteiger partial charge in [-0.15, -0.1) is 0 Å². The monoisotopic (exact) mass is 217 g/mol. The lowest BCUT2D eigenvalue weighted by atomic mass is 10.2. The summed E-state index contributed by atoms with van der Waals surface area (Å²) in [6, 6.07) is -0.0100. The quantitative estimate of drug-likeness (QED) is 0.662. The largest absolute Gasteiger partial charge is 0.465 e. The third kappa shape index (κ3) is 2.72. The normalized spacial score (nSPS) is 26.1. The molecule has 0 fully saturated rings. The van der Waals surface area contributed by atoms with Crippen LogP contribution in [0.15, 0.2) is 4.99 Å². The number of esters is 1. The van der Waals surface area contributed by atoms with Crippen molar-refractivity contribution in [3.05, 3.63) is 0 Å². The van der Waals surface area contributed by atoms with Gasteiger partial charge >= 0.3 is 5.97 Å². The molecule has 1 aliphatic rings. The predicted octanol–water partition coefficient (Wildman–Crippen LogP) is 1.10. The zero-order valence-electron chi connectivity index (χ0n) is 8.65. The molecule has 2 unspecified atom stereocenters. The van der Waals surface area contributed by atoms with E-state index in [9.17, 15) is 4.79 Å². The summed E-state index contributed by atoms with van der Waals surface area (Å²) in [6.45, 7) is 4.61. The molecule has 1 heterocycles. The molecule has 0 spiro atoms. The van der Waals surface area contributed by atoms with E-state index in [0.717, 1.165) is 5.04 Å². The van der Waals surface area contributed by atoms with Crippen LogP contribution in [0.25, 0.3) is 0 Å². The molecule has 0 aromatic carbocycles. The molecule has 2 atom stereocenters. The fraction of sp³-hybridized carbons (Fsp3) is 0.778. The van der Waals surface area contributed by atoms with Crippen molar-refractivity contribution in [2.24, 2.45) is 4.99 Å². The highest BCUT2D eigenvalue weighted by atomic mass is 32.2. The molecule has 1 aliphatic heterocycles. The van der Waals surface area contributed by atoms with Gasteiger partial charge in [0.25, 0.3) is 0 Å². The van der Waals surface area contributed by atoms with Gasteiger partial charge in [-0.25, -0.2) is 0 Å². The summed E-state index contributed by atoms with van der Waals surface area (Å²) in [6.07, 6.45) is 0. The average molecular weight is 217 g/mol. The second-order valence-corrected chi connectivity index (χ2v) is 4.20. The Morgan fingerprint density at radius 3 is 2.93 bits per heavy atom. The molecule has 0 aromatic rings. The van der Waals surface area contributed by atoms with E-state index in [-0.39, 0.29) is 17.3 Å².